The van der Waals surface area contributed by atoms with Crippen molar-refractivity contribution in [1.29, 1.82) is 0 Å². The number of ether oxygens (including phenoxy) is 1. The van der Waals surface area contributed by atoms with Crippen molar-refractivity contribution in [3.63, 3.8) is 0 Å². The van der Waals surface area contributed by atoms with Crippen LogP contribution in [-0.2, 0) is 9.53 Å². The maximum absolute atomic E-state index is 12.5. The molecule has 0 aromatic carbocycles. The summed E-state index contributed by atoms with van der Waals surface area (Å²) in [5, 5.41) is 12.9. The molecule has 2 heterocycles. The Bertz CT molecular complexity index is 524. The lowest BCUT2D eigenvalue weighted by Gasteiger charge is -2.34. The topological polar surface area (TPSA) is 92.9 Å². The number of hydrogen-bond acceptors (Lipinski definition) is 5. The van der Waals surface area contributed by atoms with E-state index >= 15 is 0 Å². The van der Waals surface area contributed by atoms with Crippen LogP contribution in [0.2, 0.25) is 0 Å². The molecule has 0 radical (unpaired) electrons. The summed E-state index contributed by atoms with van der Waals surface area (Å²) in [6, 6.07) is 1.20. The normalized spacial score (nSPS) is 18.7. The van der Waals surface area contributed by atoms with Crippen molar-refractivity contribution in [2.45, 2.75) is 45.1 Å². The van der Waals surface area contributed by atoms with Gasteiger partial charge in [0.15, 0.2) is 0 Å². The summed E-state index contributed by atoms with van der Waals surface area (Å²) in [6.45, 7) is 5.11. The molecule has 0 saturated carbocycles. The lowest BCUT2D eigenvalue weighted by molar-refractivity contribution is -0.139. The number of hydrogen-bond donors (Lipinski definition) is 1. The van der Waals surface area contributed by atoms with Crippen LogP contribution < -0.4 is 0 Å². The molecule has 1 saturated heterocycles. The molecule has 0 bridgehead atoms. The van der Waals surface area contributed by atoms with Crippen LogP contribution in [0.3, 0.4) is 0 Å². The number of aromatic nitrogens is 1. The summed E-state index contributed by atoms with van der Waals surface area (Å²) in [5.41, 5.74) is 0.774. The lowest BCUT2D eigenvalue weighted by atomic mass is 9.99. The average Bonchev–Trinajstić information content (AvgIpc) is 2.97. The molecule has 7 nitrogen and oxygen atoms in total. The quantitative estimate of drug-likeness (QED) is 0.862. The molecule has 1 aliphatic rings. The van der Waals surface area contributed by atoms with E-state index in [0.29, 0.717) is 13.2 Å². The Kier molecular flexibility index (Phi) is 5.54. The molecule has 1 aliphatic heterocycles. The lowest BCUT2D eigenvalue weighted by Crippen LogP contribution is -2.49. The van der Waals surface area contributed by atoms with Crippen LogP contribution in [0.25, 0.3) is 0 Å². The van der Waals surface area contributed by atoms with Crippen molar-refractivity contribution in [1.82, 2.24) is 10.1 Å². The van der Waals surface area contributed by atoms with Crippen LogP contribution in [0.1, 0.15) is 55.3 Å². The van der Waals surface area contributed by atoms with Gasteiger partial charge < -0.3 is 19.3 Å². The number of carboxylic acid groups (broad SMARTS) is 1. The zero-order valence-corrected chi connectivity index (χ0v) is 12.9. The average molecular weight is 310 g/mol. The molecule has 1 fully saturated rings. The van der Waals surface area contributed by atoms with Gasteiger partial charge in [0.1, 0.15) is 0 Å². The summed E-state index contributed by atoms with van der Waals surface area (Å²) in [6.07, 6.45) is 1.71. The third-order valence-electron chi connectivity index (χ3n) is 4.04. The van der Waals surface area contributed by atoms with Crippen molar-refractivity contribution in [2.24, 2.45) is 0 Å². The Labute approximate surface area is 129 Å². The van der Waals surface area contributed by atoms with E-state index in [4.69, 9.17) is 14.4 Å². The van der Waals surface area contributed by atoms with Crippen molar-refractivity contribution < 1.29 is 24.0 Å². The van der Waals surface area contributed by atoms with Gasteiger partial charge in [-0.15, -0.1) is 0 Å². The predicted octanol–water partition coefficient (Wildman–Crippen LogP) is 1.89. The first-order valence-electron chi connectivity index (χ1n) is 7.63. The molecular formula is C15H22N2O5. The van der Waals surface area contributed by atoms with Gasteiger partial charge in [0, 0.05) is 18.5 Å². The maximum atomic E-state index is 12.5. The highest BCUT2D eigenvalue weighted by atomic mass is 16.5. The first-order chi connectivity index (χ1) is 10.6. The van der Waals surface area contributed by atoms with Crippen molar-refractivity contribution in [2.75, 3.05) is 19.8 Å². The molecule has 1 N–H and O–H groups in total. The van der Waals surface area contributed by atoms with E-state index in [1.807, 2.05) is 0 Å². The zero-order chi connectivity index (χ0) is 16.1. The van der Waals surface area contributed by atoms with Gasteiger partial charge in [-0.1, -0.05) is 19.0 Å². The summed E-state index contributed by atoms with van der Waals surface area (Å²) < 4.78 is 10.5. The Hall–Kier alpha value is -1.89. The van der Waals surface area contributed by atoms with Crippen LogP contribution in [0, 0.1) is 0 Å². The number of morpholine rings is 1. The molecule has 0 spiro atoms. The fourth-order valence-electron chi connectivity index (χ4n) is 2.72. The van der Waals surface area contributed by atoms with Crippen LogP contribution in [-0.4, -0.2) is 52.8 Å². The molecule has 1 aromatic rings. The first-order valence-corrected chi connectivity index (χ1v) is 7.63. The van der Waals surface area contributed by atoms with Gasteiger partial charge in [0.05, 0.1) is 31.4 Å². The molecule has 22 heavy (non-hydrogen) atoms. The zero-order valence-electron chi connectivity index (χ0n) is 12.9. The van der Waals surface area contributed by atoms with Gasteiger partial charge in [-0.25, -0.2) is 0 Å². The standard InChI is InChI=1S/C15H22N2O5/c1-3-10(4-2)12-8-13(22-16-12)15(20)17-5-6-21-9-11(17)7-14(18)19/h8,10-11H,3-7,9H2,1-2H3,(H,18,19). The van der Waals surface area contributed by atoms with E-state index < -0.39 is 12.0 Å². The van der Waals surface area contributed by atoms with Crippen LogP contribution in [0.5, 0.6) is 0 Å². The minimum absolute atomic E-state index is 0.140. The minimum Gasteiger partial charge on any atom is -0.481 e. The molecule has 122 valence electrons. The highest BCUT2D eigenvalue weighted by Crippen LogP contribution is 2.24. The molecule has 1 aromatic heterocycles. The predicted molar refractivity (Wildman–Crippen MR) is 77.7 cm³/mol. The van der Waals surface area contributed by atoms with Crippen LogP contribution >= 0.6 is 0 Å². The third kappa shape index (κ3) is 3.65. The van der Waals surface area contributed by atoms with Gasteiger partial charge >= 0.3 is 5.97 Å². The summed E-state index contributed by atoms with van der Waals surface area (Å²) in [5.74, 6) is -0.841. The van der Waals surface area contributed by atoms with Gasteiger partial charge in [-0.2, -0.15) is 0 Å². The van der Waals surface area contributed by atoms with Crippen molar-refractivity contribution in [3.8, 4) is 0 Å². The van der Waals surface area contributed by atoms with Crippen LogP contribution in [0.4, 0.5) is 0 Å². The van der Waals surface area contributed by atoms with E-state index in [-0.39, 0.29) is 30.6 Å². The second kappa shape index (κ2) is 7.40. The van der Waals surface area contributed by atoms with Gasteiger partial charge in [0.2, 0.25) is 5.76 Å². The summed E-state index contributed by atoms with van der Waals surface area (Å²) in [4.78, 5) is 25.0. The Morgan fingerprint density at radius 1 is 1.45 bits per heavy atom. The smallest absolute Gasteiger partial charge is 0.305 e. The largest absolute Gasteiger partial charge is 0.481 e. The summed E-state index contributed by atoms with van der Waals surface area (Å²) >= 11 is 0. The van der Waals surface area contributed by atoms with E-state index in [1.165, 1.54) is 4.90 Å². The number of nitrogens with zero attached hydrogens (tertiary/aromatic N) is 2. The Morgan fingerprint density at radius 3 is 2.82 bits per heavy atom. The number of carboxylic acids is 1. The fraction of sp³-hybridized carbons (Fsp3) is 0.667. The number of amides is 1. The number of rotatable bonds is 6. The van der Waals surface area contributed by atoms with Crippen molar-refractivity contribution in [3.05, 3.63) is 17.5 Å². The molecule has 0 aliphatic carbocycles. The van der Waals surface area contributed by atoms with Crippen LogP contribution in [0.15, 0.2) is 10.6 Å². The number of aliphatic carboxylic acids is 1. The fourth-order valence-corrected chi connectivity index (χ4v) is 2.72. The minimum atomic E-state index is -0.955. The number of carbonyl (C=O) groups excluding carboxylic acids is 1. The molecule has 1 amide bonds. The molecule has 1 atom stereocenters. The molecule has 1 unspecified atom stereocenters. The molecular weight excluding hydrogens is 288 g/mol. The van der Waals surface area contributed by atoms with E-state index in [1.54, 1.807) is 6.07 Å². The SMILES string of the molecule is CCC(CC)c1cc(C(=O)N2CCOCC2CC(=O)O)on1. The Morgan fingerprint density at radius 2 is 2.18 bits per heavy atom. The highest BCUT2D eigenvalue weighted by Gasteiger charge is 2.32. The highest BCUT2D eigenvalue weighted by molar-refractivity contribution is 5.92. The summed E-state index contributed by atoms with van der Waals surface area (Å²) in [7, 11) is 0. The second-order valence-corrected chi connectivity index (χ2v) is 5.45. The van der Waals surface area contributed by atoms with Gasteiger partial charge in [-0.05, 0) is 12.8 Å². The van der Waals surface area contributed by atoms with E-state index in [9.17, 15) is 9.59 Å². The molecule has 7 heteroatoms. The Balaban J connectivity index is 2.13. The first kappa shape index (κ1) is 16.5. The number of carbonyl (C=O) groups is 2. The van der Waals surface area contributed by atoms with E-state index in [2.05, 4.69) is 19.0 Å². The molecule has 2 rings (SSSR count). The maximum Gasteiger partial charge on any atom is 0.305 e. The van der Waals surface area contributed by atoms with Gasteiger partial charge in [0.25, 0.3) is 5.91 Å². The van der Waals surface area contributed by atoms with Crippen molar-refractivity contribution >= 4 is 11.9 Å². The van der Waals surface area contributed by atoms with Gasteiger partial charge in [-0.3, -0.25) is 9.59 Å². The second-order valence-electron chi connectivity index (χ2n) is 5.45. The third-order valence-corrected chi connectivity index (χ3v) is 4.04. The van der Waals surface area contributed by atoms with E-state index in [0.717, 1.165) is 18.5 Å². The monoisotopic (exact) mass is 310 g/mol.